The second-order valence-corrected chi connectivity index (χ2v) is 5.93. The molecule has 0 saturated heterocycles. The number of hydrogen-bond acceptors (Lipinski definition) is 2. The quantitative estimate of drug-likeness (QED) is 0.851. The lowest BCUT2D eigenvalue weighted by Crippen LogP contribution is -2.30. The zero-order valence-electron chi connectivity index (χ0n) is 11.5. The van der Waals surface area contributed by atoms with E-state index in [1.165, 1.54) is 36.9 Å². The van der Waals surface area contributed by atoms with E-state index in [0.29, 0.717) is 12.5 Å². The summed E-state index contributed by atoms with van der Waals surface area (Å²) in [6.07, 6.45) is 6.78. The van der Waals surface area contributed by atoms with Crippen molar-refractivity contribution in [2.75, 3.05) is 10.6 Å². The first kappa shape index (κ1) is 12.5. The third-order valence-corrected chi connectivity index (χ3v) is 4.46. The summed E-state index contributed by atoms with van der Waals surface area (Å²) in [5.41, 5.74) is 3.44. The van der Waals surface area contributed by atoms with Gasteiger partial charge in [-0.1, -0.05) is 19.8 Å². The maximum atomic E-state index is 11.3. The van der Waals surface area contributed by atoms with Crippen LogP contribution in [0.2, 0.25) is 0 Å². The lowest BCUT2D eigenvalue weighted by Gasteiger charge is -2.31. The Balaban J connectivity index is 1.73. The molecule has 3 heteroatoms. The lowest BCUT2D eigenvalue weighted by atomic mass is 9.86. The fourth-order valence-electron chi connectivity index (χ4n) is 3.22. The molecule has 2 atom stereocenters. The molecule has 1 aliphatic heterocycles. The van der Waals surface area contributed by atoms with Crippen LogP contribution in [0.15, 0.2) is 18.2 Å². The molecule has 0 aromatic heterocycles. The molecule has 1 aliphatic carbocycles. The molecule has 1 heterocycles. The van der Waals surface area contributed by atoms with Crippen LogP contribution in [0.3, 0.4) is 0 Å². The molecule has 102 valence electrons. The molecule has 0 radical (unpaired) electrons. The fourth-order valence-corrected chi connectivity index (χ4v) is 3.22. The van der Waals surface area contributed by atoms with E-state index in [4.69, 9.17) is 0 Å². The molecule has 0 spiro atoms. The summed E-state index contributed by atoms with van der Waals surface area (Å²) in [5.74, 6) is 0.888. The van der Waals surface area contributed by atoms with E-state index in [-0.39, 0.29) is 5.91 Å². The molecule has 19 heavy (non-hydrogen) atoms. The van der Waals surface area contributed by atoms with E-state index in [9.17, 15) is 4.79 Å². The van der Waals surface area contributed by atoms with Crippen molar-refractivity contribution in [3.8, 4) is 0 Å². The Morgan fingerprint density at radius 1 is 1.21 bits per heavy atom. The van der Waals surface area contributed by atoms with Crippen molar-refractivity contribution in [1.82, 2.24) is 0 Å². The van der Waals surface area contributed by atoms with Crippen molar-refractivity contribution in [2.24, 2.45) is 5.92 Å². The van der Waals surface area contributed by atoms with E-state index >= 15 is 0 Å². The number of benzene rings is 1. The van der Waals surface area contributed by atoms with Gasteiger partial charge in [0.15, 0.2) is 0 Å². The van der Waals surface area contributed by atoms with Crippen LogP contribution >= 0.6 is 0 Å². The molecule has 1 aromatic rings. The highest BCUT2D eigenvalue weighted by Crippen LogP contribution is 2.30. The lowest BCUT2D eigenvalue weighted by molar-refractivity contribution is -0.116. The molecule has 2 unspecified atom stereocenters. The third-order valence-electron chi connectivity index (χ3n) is 4.46. The molecule has 1 aromatic carbocycles. The smallest absolute Gasteiger partial charge is 0.224 e. The van der Waals surface area contributed by atoms with Crippen molar-refractivity contribution >= 4 is 17.3 Å². The Morgan fingerprint density at radius 2 is 2.05 bits per heavy atom. The predicted molar refractivity (Wildman–Crippen MR) is 78.4 cm³/mol. The van der Waals surface area contributed by atoms with Gasteiger partial charge in [0.2, 0.25) is 5.91 Å². The van der Waals surface area contributed by atoms with Crippen LogP contribution in [-0.4, -0.2) is 11.9 Å². The number of aryl methyl sites for hydroxylation is 1. The fraction of sp³-hybridized carbons (Fsp3) is 0.562. The minimum atomic E-state index is 0.133. The predicted octanol–water partition coefficient (Wildman–Crippen LogP) is 3.56. The van der Waals surface area contributed by atoms with E-state index < -0.39 is 0 Å². The van der Waals surface area contributed by atoms with Gasteiger partial charge in [-0.3, -0.25) is 4.79 Å². The minimum Gasteiger partial charge on any atom is -0.382 e. The topological polar surface area (TPSA) is 41.1 Å². The number of amides is 1. The first-order valence-electron chi connectivity index (χ1n) is 7.42. The summed E-state index contributed by atoms with van der Waals surface area (Å²) in [4.78, 5) is 11.3. The standard InChI is InChI=1S/C16H22N2O/c1-11-4-2-3-5-14(11)17-13-7-8-15-12(10-13)6-9-16(19)18-15/h7-8,10-11,14,17H,2-6,9H2,1H3,(H,18,19). The van der Waals surface area contributed by atoms with Gasteiger partial charge in [-0.25, -0.2) is 0 Å². The van der Waals surface area contributed by atoms with Gasteiger partial charge in [0.1, 0.15) is 0 Å². The van der Waals surface area contributed by atoms with Crippen LogP contribution in [0, 0.1) is 5.92 Å². The summed E-state index contributed by atoms with van der Waals surface area (Å²) in [7, 11) is 0. The van der Waals surface area contributed by atoms with Gasteiger partial charge in [0.25, 0.3) is 0 Å². The van der Waals surface area contributed by atoms with Crippen LogP contribution in [0.4, 0.5) is 11.4 Å². The zero-order chi connectivity index (χ0) is 13.2. The molecule has 3 rings (SSSR count). The van der Waals surface area contributed by atoms with Gasteiger partial charge >= 0.3 is 0 Å². The molecule has 2 aliphatic rings. The van der Waals surface area contributed by atoms with Crippen LogP contribution in [0.25, 0.3) is 0 Å². The van der Waals surface area contributed by atoms with Crippen molar-refractivity contribution in [2.45, 2.75) is 51.5 Å². The van der Waals surface area contributed by atoms with E-state index in [1.807, 2.05) is 6.07 Å². The van der Waals surface area contributed by atoms with Crippen molar-refractivity contribution in [3.05, 3.63) is 23.8 Å². The number of nitrogens with one attached hydrogen (secondary N) is 2. The monoisotopic (exact) mass is 258 g/mol. The van der Waals surface area contributed by atoms with Crippen LogP contribution in [0.5, 0.6) is 0 Å². The van der Waals surface area contributed by atoms with Gasteiger partial charge in [-0.2, -0.15) is 0 Å². The number of anilines is 2. The maximum Gasteiger partial charge on any atom is 0.224 e. The third kappa shape index (κ3) is 2.75. The van der Waals surface area contributed by atoms with Crippen molar-refractivity contribution < 1.29 is 4.79 Å². The Hall–Kier alpha value is -1.51. The highest BCUT2D eigenvalue weighted by atomic mass is 16.1. The van der Waals surface area contributed by atoms with Crippen LogP contribution in [0.1, 0.15) is 44.6 Å². The zero-order valence-corrected chi connectivity index (χ0v) is 11.5. The summed E-state index contributed by atoms with van der Waals surface area (Å²) < 4.78 is 0. The van der Waals surface area contributed by atoms with Crippen LogP contribution in [-0.2, 0) is 11.2 Å². The van der Waals surface area contributed by atoms with Crippen molar-refractivity contribution in [3.63, 3.8) is 0 Å². The normalized spacial score (nSPS) is 26.5. The molecule has 1 amide bonds. The number of rotatable bonds is 2. The summed E-state index contributed by atoms with van der Waals surface area (Å²) >= 11 is 0. The Bertz CT molecular complexity index is 484. The molecule has 0 bridgehead atoms. The number of fused-ring (bicyclic) bond motifs is 1. The average Bonchev–Trinajstić information content (AvgIpc) is 2.41. The summed E-state index contributed by atoms with van der Waals surface area (Å²) in [6, 6.07) is 6.93. The van der Waals surface area contributed by atoms with E-state index in [2.05, 4.69) is 29.7 Å². The van der Waals surface area contributed by atoms with E-state index in [0.717, 1.165) is 18.0 Å². The highest BCUT2D eigenvalue weighted by molar-refractivity contribution is 5.94. The summed E-state index contributed by atoms with van der Waals surface area (Å²) in [5, 5.41) is 6.61. The Labute approximate surface area is 114 Å². The first-order chi connectivity index (χ1) is 9.22. The second kappa shape index (κ2) is 5.24. The van der Waals surface area contributed by atoms with Gasteiger partial charge in [-0.15, -0.1) is 0 Å². The second-order valence-electron chi connectivity index (χ2n) is 5.93. The van der Waals surface area contributed by atoms with Crippen molar-refractivity contribution in [1.29, 1.82) is 0 Å². The maximum absolute atomic E-state index is 11.3. The van der Waals surface area contributed by atoms with Gasteiger partial charge in [0, 0.05) is 23.8 Å². The molecule has 3 nitrogen and oxygen atoms in total. The SMILES string of the molecule is CC1CCCCC1Nc1ccc2c(c1)CCC(=O)N2. The summed E-state index contributed by atoms with van der Waals surface area (Å²) in [6.45, 7) is 2.34. The Morgan fingerprint density at radius 3 is 2.89 bits per heavy atom. The van der Waals surface area contributed by atoms with E-state index in [1.54, 1.807) is 0 Å². The largest absolute Gasteiger partial charge is 0.382 e. The molecule has 1 saturated carbocycles. The number of hydrogen-bond donors (Lipinski definition) is 2. The highest BCUT2D eigenvalue weighted by Gasteiger charge is 2.21. The number of carbonyl (C=O) groups excluding carboxylic acids is 1. The van der Waals surface area contributed by atoms with Gasteiger partial charge < -0.3 is 10.6 Å². The number of carbonyl (C=O) groups is 1. The first-order valence-corrected chi connectivity index (χ1v) is 7.42. The average molecular weight is 258 g/mol. The molecular weight excluding hydrogens is 236 g/mol. The van der Waals surface area contributed by atoms with Gasteiger partial charge in [-0.05, 0) is 48.9 Å². The minimum absolute atomic E-state index is 0.133. The Kier molecular flexibility index (Phi) is 3.45. The molecular formula is C16H22N2O. The molecule has 2 N–H and O–H groups in total. The van der Waals surface area contributed by atoms with Crippen LogP contribution < -0.4 is 10.6 Å². The molecule has 1 fully saturated rings. The van der Waals surface area contributed by atoms with Gasteiger partial charge in [0.05, 0.1) is 0 Å².